The lowest BCUT2D eigenvalue weighted by atomic mass is 9.81. The third kappa shape index (κ3) is 3.41. The molecule has 0 bridgehead atoms. The summed E-state index contributed by atoms with van der Waals surface area (Å²) in [5.41, 5.74) is 6.67. The highest BCUT2D eigenvalue weighted by Crippen LogP contribution is 2.51. The minimum absolute atomic E-state index is 0.243. The molecular weight excluding hydrogens is 387 g/mol. The van der Waals surface area contributed by atoms with Gasteiger partial charge in [0.2, 0.25) is 0 Å². The molecule has 0 radical (unpaired) electrons. The van der Waals surface area contributed by atoms with Crippen LogP contribution in [-0.2, 0) is 5.54 Å². The van der Waals surface area contributed by atoms with Crippen LogP contribution in [0.2, 0.25) is 5.02 Å². The number of nitrogens with two attached hydrogens (primary N) is 1. The highest BCUT2D eigenvalue weighted by molar-refractivity contribution is 8.13. The topological polar surface area (TPSA) is 80.4 Å². The van der Waals surface area contributed by atoms with Gasteiger partial charge in [0.25, 0.3) is 5.91 Å². The number of benzene rings is 1. The standard InChI is InChI=1S/C19H18ClFN4OS/c20-13-6-11(8-23-9-13)17(26)24-14-3-4-16(21)15(7-14)19-5-1-2-12(19)10-27-18(22)25-19/h3-4,6-9,12H,1-2,5,10H2,(H2,22,25)(H,24,26)/t12-,19-/m0/s1. The second-order valence-electron chi connectivity index (χ2n) is 6.82. The molecule has 27 heavy (non-hydrogen) atoms. The molecule has 8 heteroatoms. The Hall–Kier alpha value is -2.12. The molecule has 3 N–H and O–H groups in total. The van der Waals surface area contributed by atoms with Crippen LogP contribution in [-0.4, -0.2) is 21.8 Å². The van der Waals surface area contributed by atoms with Crippen LogP contribution in [0, 0.1) is 11.7 Å². The van der Waals surface area contributed by atoms with Crippen molar-refractivity contribution in [2.24, 2.45) is 16.6 Å². The van der Waals surface area contributed by atoms with Crippen LogP contribution in [0.4, 0.5) is 10.1 Å². The molecule has 1 fully saturated rings. The maximum Gasteiger partial charge on any atom is 0.257 e. The molecule has 0 spiro atoms. The molecule has 1 aromatic carbocycles. The highest BCUT2D eigenvalue weighted by atomic mass is 35.5. The maximum atomic E-state index is 14.8. The summed E-state index contributed by atoms with van der Waals surface area (Å²) >= 11 is 7.42. The Morgan fingerprint density at radius 3 is 3.04 bits per heavy atom. The maximum absolute atomic E-state index is 14.8. The average Bonchev–Trinajstić information content (AvgIpc) is 3.07. The van der Waals surface area contributed by atoms with E-state index in [4.69, 9.17) is 17.3 Å². The number of amides is 1. The monoisotopic (exact) mass is 404 g/mol. The van der Waals surface area contributed by atoms with Gasteiger partial charge in [0.15, 0.2) is 5.17 Å². The Kier molecular flexibility index (Phi) is 4.82. The summed E-state index contributed by atoms with van der Waals surface area (Å²) in [6, 6.07) is 6.12. The number of aromatic nitrogens is 1. The molecule has 2 heterocycles. The summed E-state index contributed by atoms with van der Waals surface area (Å²) in [5.74, 6) is 0.393. The molecule has 4 rings (SSSR count). The third-order valence-electron chi connectivity index (χ3n) is 5.19. The van der Waals surface area contributed by atoms with Crippen molar-refractivity contribution in [2.45, 2.75) is 24.8 Å². The van der Waals surface area contributed by atoms with Gasteiger partial charge in [0.05, 0.1) is 16.1 Å². The van der Waals surface area contributed by atoms with Crippen LogP contribution in [0.15, 0.2) is 41.7 Å². The second kappa shape index (κ2) is 7.13. The van der Waals surface area contributed by atoms with E-state index < -0.39 is 5.54 Å². The largest absolute Gasteiger partial charge is 0.379 e. The molecule has 2 atom stereocenters. The van der Waals surface area contributed by atoms with E-state index in [1.54, 1.807) is 12.1 Å². The molecule has 1 aliphatic carbocycles. The lowest BCUT2D eigenvalue weighted by Gasteiger charge is -2.36. The molecule has 0 unspecified atom stereocenters. The molecular formula is C19H18ClFN4OS. The lowest BCUT2D eigenvalue weighted by Crippen LogP contribution is -2.37. The van der Waals surface area contributed by atoms with Crippen molar-refractivity contribution in [1.82, 2.24) is 4.98 Å². The van der Waals surface area contributed by atoms with Gasteiger partial charge in [-0.15, -0.1) is 0 Å². The number of thioether (sulfide) groups is 1. The zero-order valence-electron chi connectivity index (χ0n) is 14.4. The van der Waals surface area contributed by atoms with Crippen molar-refractivity contribution >= 4 is 40.1 Å². The molecule has 1 aliphatic heterocycles. The fraction of sp³-hybridized carbons (Fsp3) is 0.316. The number of carbonyl (C=O) groups excluding carboxylic acids is 1. The minimum Gasteiger partial charge on any atom is -0.379 e. The summed E-state index contributed by atoms with van der Waals surface area (Å²) in [6.07, 6.45) is 5.61. The first-order chi connectivity index (χ1) is 13.0. The number of aliphatic imine (C=N–C) groups is 1. The quantitative estimate of drug-likeness (QED) is 0.804. The van der Waals surface area contributed by atoms with Crippen molar-refractivity contribution < 1.29 is 9.18 Å². The number of hydrogen-bond donors (Lipinski definition) is 2. The predicted octanol–water partition coefficient (Wildman–Crippen LogP) is 4.18. The number of rotatable bonds is 3. The van der Waals surface area contributed by atoms with Gasteiger partial charge >= 0.3 is 0 Å². The van der Waals surface area contributed by atoms with Gasteiger partial charge in [-0.2, -0.15) is 0 Å². The van der Waals surface area contributed by atoms with Crippen LogP contribution < -0.4 is 11.1 Å². The molecule has 2 aromatic rings. The van der Waals surface area contributed by atoms with Crippen molar-refractivity contribution in [3.63, 3.8) is 0 Å². The van der Waals surface area contributed by atoms with Crippen LogP contribution in [0.1, 0.15) is 35.2 Å². The van der Waals surface area contributed by atoms with Crippen molar-refractivity contribution in [3.8, 4) is 0 Å². The Bertz CT molecular complexity index is 938. The number of pyridine rings is 1. The zero-order valence-corrected chi connectivity index (χ0v) is 16.0. The first kappa shape index (κ1) is 18.3. The first-order valence-corrected chi connectivity index (χ1v) is 10.0. The van der Waals surface area contributed by atoms with Crippen molar-refractivity contribution in [3.05, 3.63) is 58.6 Å². The van der Waals surface area contributed by atoms with E-state index in [2.05, 4.69) is 15.3 Å². The number of anilines is 1. The Morgan fingerprint density at radius 2 is 2.22 bits per heavy atom. The van der Waals surface area contributed by atoms with Gasteiger partial charge in [0.1, 0.15) is 5.82 Å². The molecule has 1 amide bonds. The number of amidine groups is 1. The van der Waals surface area contributed by atoms with Gasteiger partial charge in [-0.1, -0.05) is 29.8 Å². The van der Waals surface area contributed by atoms with E-state index in [-0.39, 0.29) is 17.6 Å². The summed E-state index contributed by atoms with van der Waals surface area (Å²) in [6.45, 7) is 0. The SMILES string of the molecule is NC1=N[C@@]2(c3cc(NC(=O)c4cncc(Cl)c4)ccc3F)CCC[C@H]2CS1. The van der Waals surface area contributed by atoms with Crippen LogP contribution in [0.3, 0.4) is 0 Å². The number of nitrogens with zero attached hydrogens (tertiary/aromatic N) is 2. The van der Waals surface area contributed by atoms with Gasteiger partial charge in [-0.3, -0.25) is 14.8 Å². The van der Waals surface area contributed by atoms with E-state index in [0.717, 1.165) is 25.0 Å². The second-order valence-corrected chi connectivity index (χ2v) is 8.29. The van der Waals surface area contributed by atoms with Crippen LogP contribution in [0.25, 0.3) is 0 Å². The van der Waals surface area contributed by atoms with Crippen molar-refractivity contribution in [1.29, 1.82) is 0 Å². The summed E-state index contributed by atoms with van der Waals surface area (Å²) in [7, 11) is 0. The minimum atomic E-state index is -0.641. The summed E-state index contributed by atoms with van der Waals surface area (Å²) in [4.78, 5) is 21.1. The number of carbonyl (C=O) groups is 1. The van der Waals surface area contributed by atoms with E-state index in [1.807, 2.05) is 0 Å². The molecule has 2 aliphatic rings. The van der Waals surface area contributed by atoms with Crippen LogP contribution in [0.5, 0.6) is 0 Å². The third-order valence-corrected chi connectivity index (χ3v) is 6.35. The normalized spacial score (nSPS) is 24.2. The smallest absolute Gasteiger partial charge is 0.257 e. The molecule has 0 saturated heterocycles. The fourth-order valence-corrected chi connectivity index (χ4v) is 5.15. The number of halogens is 2. The average molecular weight is 405 g/mol. The summed E-state index contributed by atoms with van der Waals surface area (Å²) in [5, 5.41) is 3.66. The van der Waals surface area contributed by atoms with Gasteiger partial charge in [-0.25, -0.2) is 4.39 Å². The fourth-order valence-electron chi connectivity index (χ4n) is 3.93. The van der Waals surface area contributed by atoms with Crippen LogP contribution >= 0.6 is 23.4 Å². The number of nitrogens with one attached hydrogen (secondary N) is 1. The number of fused-ring (bicyclic) bond motifs is 1. The Labute approximate surface area is 165 Å². The summed E-state index contributed by atoms with van der Waals surface area (Å²) < 4.78 is 14.8. The lowest BCUT2D eigenvalue weighted by molar-refractivity contribution is 0.102. The number of hydrogen-bond acceptors (Lipinski definition) is 5. The first-order valence-electron chi connectivity index (χ1n) is 8.68. The Morgan fingerprint density at radius 1 is 1.37 bits per heavy atom. The Balaban J connectivity index is 1.68. The van der Waals surface area contributed by atoms with Gasteiger partial charge in [-0.05, 0) is 43.0 Å². The van der Waals surface area contributed by atoms with E-state index in [0.29, 0.717) is 27.0 Å². The van der Waals surface area contributed by atoms with Gasteiger partial charge in [0, 0.05) is 29.4 Å². The molecule has 1 saturated carbocycles. The molecule has 140 valence electrons. The highest BCUT2D eigenvalue weighted by Gasteiger charge is 2.48. The molecule has 5 nitrogen and oxygen atoms in total. The van der Waals surface area contributed by atoms with E-state index in [9.17, 15) is 9.18 Å². The van der Waals surface area contributed by atoms with Crippen molar-refractivity contribution in [2.75, 3.05) is 11.1 Å². The molecule has 1 aromatic heterocycles. The van der Waals surface area contributed by atoms with Gasteiger partial charge < -0.3 is 11.1 Å². The predicted molar refractivity (Wildman–Crippen MR) is 107 cm³/mol. The van der Waals surface area contributed by atoms with E-state index >= 15 is 0 Å². The zero-order chi connectivity index (χ0) is 19.0. The van der Waals surface area contributed by atoms with E-state index in [1.165, 1.54) is 36.3 Å².